The van der Waals surface area contributed by atoms with Crippen molar-refractivity contribution < 1.29 is 14.3 Å². The van der Waals surface area contributed by atoms with Gasteiger partial charge in [0.05, 0.1) is 17.7 Å². The van der Waals surface area contributed by atoms with Gasteiger partial charge in [-0.25, -0.2) is 0 Å². The van der Waals surface area contributed by atoms with Crippen LogP contribution in [0.15, 0.2) is 22.7 Å². The number of halogens is 1. The molecule has 1 heterocycles. The average Bonchev–Trinajstić information content (AvgIpc) is 2.58. The van der Waals surface area contributed by atoms with E-state index < -0.39 is 0 Å². The number of carbonyl (C=O) groups excluding carboxylic acids is 1. The first-order valence-electron chi connectivity index (χ1n) is 7.99. The minimum atomic E-state index is 0.0307. The lowest BCUT2D eigenvalue weighted by Gasteiger charge is -2.24. The van der Waals surface area contributed by atoms with Gasteiger partial charge in [-0.3, -0.25) is 4.79 Å². The first-order chi connectivity index (χ1) is 11.1. The van der Waals surface area contributed by atoms with Crippen molar-refractivity contribution in [2.45, 2.75) is 25.4 Å². The third-order valence-electron chi connectivity index (χ3n) is 4.07. The number of ether oxygens (including phenoxy) is 2. The Kier molecular flexibility index (Phi) is 7.33. The molecule has 1 aromatic carbocycles. The van der Waals surface area contributed by atoms with Crippen molar-refractivity contribution in [1.29, 1.82) is 0 Å². The lowest BCUT2D eigenvalue weighted by atomic mass is 10.1. The number of benzene rings is 1. The number of rotatable bonds is 7. The van der Waals surface area contributed by atoms with Crippen LogP contribution in [0.25, 0.3) is 0 Å². The topological polar surface area (TPSA) is 50.8 Å². The molecule has 1 aliphatic rings. The molecule has 1 fully saturated rings. The van der Waals surface area contributed by atoms with E-state index in [9.17, 15) is 4.79 Å². The van der Waals surface area contributed by atoms with E-state index in [1.54, 1.807) is 12.0 Å². The number of methoxy groups -OCH3 is 1. The van der Waals surface area contributed by atoms with Gasteiger partial charge in [0, 0.05) is 20.1 Å². The van der Waals surface area contributed by atoms with Crippen LogP contribution >= 0.6 is 15.9 Å². The molecule has 2 rings (SSSR count). The molecule has 1 atom stereocenters. The highest BCUT2D eigenvalue weighted by atomic mass is 79.9. The molecule has 128 valence electrons. The molecular formula is C17H25BrN2O3. The van der Waals surface area contributed by atoms with Crippen LogP contribution in [0.4, 0.5) is 0 Å². The zero-order valence-corrected chi connectivity index (χ0v) is 15.4. The Hall–Kier alpha value is -1.11. The second-order valence-electron chi connectivity index (χ2n) is 5.81. The van der Waals surface area contributed by atoms with E-state index in [-0.39, 0.29) is 18.6 Å². The molecule has 1 aromatic rings. The van der Waals surface area contributed by atoms with Crippen LogP contribution < -0.4 is 10.1 Å². The highest BCUT2D eigenvalue weighted by Crippen LogP contribution is 2.25. The summed E-state index contributed by atoms with van der Waals surface area (Å²) in [6.45, 7) is 2.72. The Bertz CT molecular complexity index is 519. The number of hydrogen-bond acceptors (Lipinski definition) is 4. The van der Waals surface area contributed by atoms with Crippen molar-refractivity contribution in [3.63, 3.8) is 0 Å². The summed E-state index contributed by atoms with van der Waals surface area (Å²) in [4.78, 5) is 13.9. The van der Waals surface area contributed by atoms with Gasteiger partial charge in [0.1, 0.15) is 12.4 Å². The van der Waals surface area contributed by atoms with Crippen LogP contribution in [0.3, 0.4) is 0 Å². The lowest BCUT2D eigenvalue weighted by molar-refractivity contribution is -0.137. The van der Waals surface area contributed by atoms with Gasteiger partial charge in [0.25, 0.3) is 0 Å². The largest absolute Gasteiger partial charge is 0.496 e. The van der Waals surface area contributed by atoms with Crippen LogP contribution in [-0.2, 0) is 16.0 Å². The maximum Gasteiger partial charge on any atom is 0.248 e. The monoisotopic (exact) mass is 384 g/mol. The predicted octanol–water partition coefficient (Wildman–Crippen LogP) is 2.23. The highest BCUT2D eigenvalue weighted by molar-refractivity contribution is 9.10. The summed E-state index contributed by atoms with van der Waals surface area (Å²) >= 11 is 3.48. The van der Waals surface area contributed by atoms with E-state index in [4.69, 9.17) is 9.47 Å². The predicted molar refractivity (Wildman–Crippen MR) is 93.9 cm³/mol. The van der Waals surface area contributed by atoms with Gasteiger partial charge in [-0.1, -0.05) is 6.07 Å². The molecule has 1 aliphatic heterocycles. The summed E-state index contributed by atoms with van der Waals surface area (Å²) in [5.41, 5.74) is 1.16. The van der Waals surface area contributed by atoms with E-state index in [1.807, 2.05) is 25.2 Å². The minimum Gasteiger partial charge on any atom is -0.496 e. The number of piperidine rings is 1. The normalized spacial score (nSPS) is 17.8. The Morgan fingerprint density at radius 2 is 2.30 bits per heavy atom. The number of hydrogen-bond donors (Lipinski definition) is 1. The molecule has 0 aliphatic carbocycles. The summed E-state index contributed by atoms with van der Waals surface area (Å²) in [5.74, 6) is 0.843. The Labute approximate surface area is 146 Å². The number of nitrogens with one attached hydrogen (secondary N) is 1. The molecule has 1 N–H and O–H groups in total. The maximum absolute atomic E-state index is 12.1. The van der Waals surface area contributed by atoms with Crippen molar-refractivity contribution >= 4 is 21.8 Å². The smallest absolute Gasteiger partial charge is 0.248 e. The highest BCUT2D eigenvalue weighted by Gasteiger charge is 2.16. The third kappa shape index (κ3) is 5.79. The SMILES string of the molecule is COc1ccc(CCN(C)C(=O)COC2CCCNC2)cc1Br. The molecule has 5 nitrogen and oxygen atoms in total. The van der Waals surface area contributed by atoms with E-state index in [2.05, 4.69) is 21.2 Å². The molecule has 0 bridgehead atoms. The molecule has 0 radical (unpaired) electrons. The molecular weight excluding hydrogens is 360 g/mol. The Balaban J connectivity index is 1.73. The summed E-state index contributed by atoms with van der Waals surface area (Å²) in [7, 11) is 3.47. The second-order valence-corrected chi connectivity index (χ2v) is 6.67. The fraction of sp³-hybridized carbons (Fsp3) is 0.588. The molecule has 1 saturated heterocycles. The Morgan fingerprint density at radius 3 is 2.96 bits per heavy atom. The minimum absolute atomic E-state index is 0.0307. The average molecular weight is 385 g/mol. The molecule has 1 unspecified atom stereocenters. The summed E-state index contributed by atoms with van der Waals surface area (Å²) in [6, 6.07) is 5.98. The second kappa shape index (κ2) is 9.25. The van der Waals surface area contributed by atoms with Gasteiger partial charge in [-0.15, -0.1) is 0 Å². The standard InChI is InChI=1S/C17H25BrN2O3/c1-20(17(21)12-23-14-4-3-8-19-11-14)9-7-13-5-6-16(22-2)15(18)10-13/h5-6,10,14,19H,3-4,7-9,11-12H2,1-2H3. The third-order valence-corrected chi connectivity index (χ3v) is 4.69. The van der Waals surface area contributed by atoms with Crippen LogP contribution in [0, 0.1) is 0 Å². The van der Waals surface area contributed by atoms with Crippen molar-refractivity contribution in [1.82, 2.24) is 10.2 Å². The fourth-order valence-electron chi connectivity index (χ4n) is 2.55. The zero-order valence-electron chi connectivity index (χ0n) is 13.8. The quantitative estimate of drug-likeness (QED) is 0.782. The molecule has 6 heteroatoms. The molecule has 1 amide bonds. The van der Waals surface area contributed by atoms with E-state index in [0.717, 1.165) is 48.1 Å². The van der Waals surface area contributed by atoms with Crippen LogP contribution in [0.5, 0.6) is 5.75 Å². The summed E-state index contributed by atoms with van der Waals surface area (Å²) in [5, 5.41) is 3.28. The maximum atomic E-state index is 12.1. The van der Waals surface area contributed by atoms with E-state index in [0.29, 0.717) is 6.54 Å². The zero-order chi connectivity index (χ0) is 16.7. The fourth-order valence-corrected chi connectivity index (χ4v) is 3.14. The van der Waals surface area contributed by atoms with Crippen LogP contribution in [0.2, 0.25) is 0 Å². The number of likely N-dealkylation sites (N-methyl/N-ethyl adjacent to an activating group) is 1. The van der Waals surface area contributed by atoms with Gasteiger partial charge in [0.15, 0.2) is 0 Å². The van der Waals surface area contributed by atoms with Crippen LogP contribution in [-0.4, -0.2) is 57.3 Å². The molecule has 0 aromatic heterocycles. The van der Waals surface area contributed by atoms with Gasteiger partial charge >= 0.3 is 0 Å². The molecule has 0 saturated carbocycles. The number of nitrogens with zero attached hydrogens (tertiary/aromatic N) is 1. The first kappa shape index (κ1) is 18.2. The molecule has 0 spiro atoms. The summed E-state index contributed by atoms with van der Waals surface area (Å²) in [6.07, 6.45) is 3.11. The van der Waals surface area contributed by atoms with Gasteiger partial charge in [-0.2, -0.15) is 0 Å². The van der Waals surface area contributed by atoms with Crippen molar-refractivity contribution in [2.24, 2.45) is 0 Å². The van der Waals surface area contributed by atoms with E-state index in [1.165, 1.54) is 0 Å². The molecule has 23 heavy (non-hydrogen) atoms. The lowest BCUT2D eigenvalue weighted by Crippen LogP contribution is -2.39. The van der Waals surface area contributed by atoms with Crippen molar-refractivity contribution in [3.8, 4) is 5.75 Å². The summed E-state index contributed by atoms with van der Waals surface area (Å²) < 4.78 is 11.8. The number of amides is 1. The Morgan fingerprint density at radius 1 is 1.48 bits per heavy atom. The van der Waals surface area contributed by atoms with Gasteiger partial charge in [-0.05, 0) is 59.4 Å². The number of carbonyl (C=O) groups is 1. The first-order valence-corrected chi connectivity index (χ1v) is 8.78. The van der Waals surface area contributed by atoms with Gasteiger partial charge < -0.3 is 19.7 Å². The van der Waals surface area contributed by atoms with E-state index >= 15 is 0 Å². The van der Waals surface area contributed by atoms with Crippen LogP contribution in [0.1, 0.15) is 18.4 Å². The van der Waals surface area contributed by atoms with Crippen molar-refractivity contribution in [3.05, 3.63) is 28.2 Å². The van der Waals surface area contributed by atoms with Gasteiger partial charge in [0.2, 0.25) is 5.91 Å². The van der Waals surface area contributed by atoms with Crippen molar-refractivity contribution in [2.75, 3.05) is 40.4 Å².